The number of rotatable bonds is 3. The first kappa shape index (κ1) is 17.2. The SMILES string of the molecule is CC(C)[C@@H](NC(=O)OC(C)(C)C)[C@@H](N)C(C)(C)C. The van der Waals surface area contributed by atoms with Gasteiger partial charge >= 0.3 is 6.09 Å². The van der Waals surface area contributed by atoms with Crippen LogP contribution >= 0.6 is 0 Å². The molecule has 0 spiro atoms. The summed E-state index contributed by atoms with van der Waals surface area (Å²) in [5.74, 6) is 0.256. The average Bonchev–Trinajstić information content (AvgIpc) is 2.08. The zero-order valence-corrected chi connectivity index (χ0v) is 13.1. The van der Waals surface area contributed by atoms with E-state index in [0.717, 1.165) is 0 Å². The number of carbonyl (C=O) groups is 1. The van der Waals surface area contributed by atoms with E-state index in [9.17, 15) is 4.79 Å². The fourth-order valence-corrected chi connectivity index (χ4v) is 1.65. The largest absolute Gasteiger partial charge is 0.444 e. The second-order valence-electron chi connectivity index (χ2n) is 7.31. The van der Waals surface area contributed by atoms with Crippen molar-refractivity contribution < 1.29 is 9.53 Å². The fourth-order valence-electron chi connectivity index (χ4n) is 1.65. The van der Waals surface area contributed by atoms with Gasteiger partial charge in [0.2, 0.25) is 0 Å². The Bertz CT molecular complexity index is 274. The van der Waals surface area contributed by atoms with Gasteiger partial charge in [0, 0.05) is 6.04 Å². The van der Waals surface area contributed by atoms with Crippen molar-refractivity contribution >= 4 is 6.09 Å². The highest BCUT2D eigenvalue weighted by Gasteiger charge is 2.33. The molecule has 0 radical (unpaired) electrons. The first-order chi connectivity index (χ1) is 7.84. The molecule has 0 unspecified atom stereocenters. The van der Waals surface area contributed by atoms with Gasteiger partial charge in [0.05, 0.1) is 6.04 Å². The lowest BCUT2D eigenvalue weighted by Crippen LogP contribution is -2.56. The van der Waals surface area contributed by atoms with Crippen LogP contribution in [0.3, 0.4) is 0 Å². The van der Waals surface area contributed by atoms with E-state index < -0.39 is 11.7 Å². The number of hydrogen-bond donors (Lipinski definition) is 2. The van der Waals surface area contributed by atoms with Crippen molar-refractivity contribution in [1.82, 2.24) is 5.32 Å². The molecule has 4 nitrogen and oxygen atoms in total. The third-order valence-corrected chi connectivity index (χ3v) is 2.79. The Balaban J connectivity index is 4.70. The van der Waals surface area contributed by atoms with E-state index in [1.165, 1.54) is 0 Å². The molecule has 1 amide bonds. The summed E-state index contributed by atoms with van der Waals surface area (Å²) in [5, 5.41) is 2.89. The minimum absolute atomic E-state index is 0.0655. The summed E-state index contributed by atoms with van der Waals surface area (Å²) in [6.45, 7) is 15.9. The van der Waals surface area contributed by atoms with E-state index in [-0.39, 0.29) is 23.4 Å². The summed E-state index contributed by atoms with van der Waals surface area (Å²) in [7, 11) is 0. The number of nitrogens with two attached hydrogens (primary N) is 1. The summed E-state index contributed by atoms with van der Waals surface area (Å²) in [6.07, 6.45) is -0.402. The van der Waals surface area contributed by atoms with E-state index in [2.05, 4.69) is 26.1 Å². The molecule has 0 aliphatic rings. The molecular weight excluding hydrogens is 228 g/mol. The first-order valence-corrected chi connectivity index (χ1v) is 6.59. The molecule has 0 aromatic carbocycles. The lowest BCUT2D eigenvalue weighted by molar-refractivity contribution is 0.0460. The third-order valence-electron chi connectivity index (χ3n) is 2.79. The molecule has 4 heteroatoms. The van der Waals surface area contributed by atoms with Crippen LogP contribution in [0.15, 0.2) is 0 Å². The van der Waals surface area contributed by atoms with E-state index in [1.54, 1.807) is 0 Å². The highest BCUT2D eigenvalue weighted by atomic mass is 16.6. The number of carbonyl (C=O) groups excluding carboxylic acids is 1. The summed E-state index contributed by atoms with van der Waals surface area (Å²) in [6, 6.07) is -0.218. The minimum atomic E-state index is -0.489. The van der Waals surface area contributed by atoms with Crippen LogP contribution in [0.25, 0.3) is 0 Å². The molecule has 0 aromatic heterocycles. The van der Waals surface area contributed by atoms with Gasteiger partial charge in [-0.15, -0.1) is 0 Å². The maximum Gasteiger partial charge on any atom is 0.407 e. The van der Waals surface area contributed by atoms with Crippen molar-refractivity contribution in [3.8, 4) is 0 Å². The van der Waals surface area contributed by atoms with Crippen molar-refractivity contribution in [2.75, 3.05) is 0 Å². The molecule has 3 N–H and O–H groups in total. The Kier molecular flexibility index (Phi) is 5.66. The Labute approximate surface area is 112 Å². The van der Waals surface area contributed by atoms with Crippen molar-refractivity contribution in [3.05, 3.63) is 0 Å². The second kappa shape index (κ2) is 5.91. The molecule has 18 heavy (non-hydrogen) atoms. The Morgan fingerprint density at radius 3 is 1.83 bits per heavy atom. The van der Waals surface area contributed by atoms with Crippen LogP contribution in [-0.2, 0) is 4.74 Å². The maximum atomic E-state index is 11.8. The Morgan fingerprint density at radius 1 is 1.11 bits per heavy atom. The van der Waals surface area contributed by atoms with Crippen LogP contribution in [0.5, 0.6) is 0 Å². The molecule has 0 aliphatic carbocycles. The predicted octanol–water partition coefficient (Wildman–Crippen LogP) is 2.91. The van der Waals surface area contributed by atoms with Crippen LogP contribution in [0, 0.1) is 11.3 Å². The van der Waals surface area contributed by atoms with Gasteiger partial charge < -0.3 is 15.8 Å². The summed E-state index contributed by atoms with van der Waals surface area (Å²) < 4.78 is 5.28. The molecule has 0 aromatic rings. The quantitative estimate of drug-likeness (QED) is 0.818. The van der Waals surface area contributed by atoms with Gasteiger partial charge in [0.1, 0.15) is 5.60 Å². The molecule has 108 valence electrons. The van der Waals surface area contributed by atoms with E-state index in [0.29, 0.717) is 0 Å². The third kappa shape index (κ3) is 6.24. The van der Waals surface area contributed by atoms with Gasteiger partial charge in [-0.05, 0) is 32.1 Å². The van der Waals surface area contributed by atoms with E-state index >= 15 is 0 Å². The molecule has 0 saturated heterocycles. The van der Waals surface area contributed by atoms with Crippen molar-refractivity contribution in [3.63, 3.8) is 0 Å². The summed E-state index contributed by atoms with van der Waals surface area (Å²) in [4.78, 5) is 11.8. The molecule has 0 saturated carbocycles. The van der Waals surface area contributed by atoms with Gasteiger partial charge in [-0.25, -0.2) is 4.79 Å². The smallest absolute Gasteiger partial charge is 0.407 e. The molecule has 0 heterocycles. The zero-order valence-electron chi connectivity index (χ0n) is 13.1. The van der Waals surface area contributed by atoms with E-state index in [1.807, 2.05) is 34.6 Å². The van der Waals surface area contributed by atoms with Crippen LogP contribution in [0.2, 0.25) is 0 Å². The monoisotopic (exact) mass is 258 g/mol. The number of amides is 1. The van der Waals surface area contributed by atoms with Crippen LogP contribution in [-0.4, -0.2) is 23.8 Å². The maximum absolute atomic E-state index is 11.8. The number of ether oxygens (including phenoxy) is 1. The van der Waals surface area contributed by atoms with Gasteiger partial charge in [0.25, 0.3) is 0 Å². The highest BCUT2D eigenvalue weighted by Crippen LogP contribution is 2.23. The lowest BCUT2D eigenvalue weighted by atomic mass is 9.79. The molecule has 0 bridgehead atoms. The lowest BCUT2D eigenvalue weighted by Gasteiger charge is -2.37. The Morgan fingerprint density at radius 2 is 1.56 bits per heavy atom. The Hall–Kier alpha value is -0.770. The van der Waals surface area contributed by atoms with Gasteiger partial charge in [-0.2, -0.15) is 0 Å². The summed E-state index contributed by atoms with van der Waals surface area (Å²) >= 11 is 0. The zero-order chi connectivity index (χ0) is 14.7. The van der Waals surface area contributed by atoms with Gasteiger partial charge in [-0.1, -0.05) is 34.6 Å². The number of alkyl carbamates (subject to hydrolysis) is 1. The fraction of sp³-hybridized carbons (Fsp3) is 0.929. The topological polar surface area (TPSA) is 64.3 Å². The van der Waals surface area contributed by atoms with Crippen molar-refractivity contribution in [1.29, 1.82) is 0 Å². The normalized spacial score (nSPS) is 16.3. The van der Waals surface area contributed by atoms with Crippen molar-refractivity contribution in [2.24, 2.45) is 17.1 Å². The van der Waals surface area contributed by atoms with Crippen molar-refractivity contribution in [2.45, 2.75) is 73.1 Å². The minimum Gasteiger partial charge on any atom is -0.444 e. The number of hydrogen-bond acceptors (Lipinski definition) is 3. The first-order valence-electron chi connectivity index (χ1n) is 6.59. The van der Waals surface area contributed by atoms with Gasteiger partial charge in [0.15, 0.2) is 0 Å². The molecule has 0 fully saturated rings. The van der Waals surface area contributed by atoms with Crippen LogP contribution < -0.4 is 11.1 Å². The molecule has 2 atom stereocenters. The van der Waals surface area contributed by atoms with Crippen LogP contribution in [0.1, 0.15) is 55.4 Å². The van der Waals surface area contributed by atoms with Crippen LogP contribution in [0.4, 0.5) is 4.79 Å². The van der Waals surface area contributed by atoms with Gasteiger partial charge in [-0.3, -0.25) is 0 Å². The molecule has 0 aliphatic heterocycles. The average molecular weight is 258 g/mol. The summed E-state index contributed by atoms with van der Waals surface area (Å²) in [5.41, 5.74) is 5.68. The standard InChI is InChI=1S/C14H30N2O2/c1-9(2)10(11(15)13(3,4)5)16-12(17)18-14(6,7)8/h9-11H,15H2,1-8H3,(H,16,17)/t10-,11-/m1/s1. The number of nitrogens with one attached hydrogen (secondary N) is 1. The molecule has 0 rings (SSSR count). The second-order valence-corrected chi connectivity index (χ2v) is 7.31. The highest BCUT2D eigenvalue weighted by molar-refractivity contribution is 5.68. The molecular formula is C14H30N2O2. The predicted molar refractivity (Wildman–Crippen MR) is 75.4 cm³/mol. The van der Waals surface area contributed by atoms with E-state index in [4.69, 9.17) is 10.5 Å².